The molecule has 2 fully saturated rings. The van der Waals surface area contributed by atoms with E-state index in [1.165, 1.54) is 6.42 Å². The fourth-order valence-corrected chi connectivity index (χ4v) is 6.03. The Kier molecular flexibility index (Phi) is 6.03. The van der Waals surface area contributed by atoms with Crippen molar-refractivity contribution in [3.8, 4) is 0 Å². The molecule has 0 atom stereocenters. The van der Waals surface area contributed by atoms with Crippen molar-refractivity contribution in [2.24, 2.45) is 0 Å². The summed E-state index contributed by atoms with van der Waals surface area (Å²) in [5.41, 5.74) is 0.220. The van der Waals surface area contributed by atoms with Crippen molar-refractivity contribution in [2.45, 2.75) is 73.5 Å². The topological polar surface area (TPSA) is 72.5 Å². The molecule has 0 aliphatic heterocycles. The van der Waals surface area contributed by atoms with Gasteiger partial charge >= 0.3 is 0 Å². The lowest BCUT2D eigenvalue weighted by Crippen LogP contribution is -2.45. The molecule has 0 saturated heterocycles. The second kappa shape index (κ2) is 8.09. The lowest BCUT2D eigenvalue weighted by atomic mass is 9.84. The van der Waals surface area contributed by atoms with Crippen LogP contribution in [0.5, 0.6) is 0 Å². The molecule has 0 radical (unpaired) electrons. The SMILES string of the molecule is COC1(CNC(=O)c2ccc(S(=O)(=O)C3CCCC3)cc2)CCCCC1. The molecule has 0 bridgehead atoms. The van der Waals surface area contributed by atoms with E-state index in [2.05, 4.69) is 5.32 Å². The first-order valence-electron chi connectivity index (χ1n) is 9.64. The monoisotopic (exact) mass is 379 g/mol. The molecule has 0 spiro atoms. The van der Waals surface area contributed by atoms with Crippen LogP contribution in [0.4, 0.5) is 0 Å². The van der Waals surface area contributed by atoms with Gasteiger partial charge in [0.05, 0.1) is 15.7 Å². The molecule has 3 rings (SSSR count). The lowest BCUT2D eigenvalue weighted by molar-refractivity contribution is -0.0363. The Hall–Kier alpha value is -1.40. The van der Waals surface area contributed by atoms with Crippen molar-refractivity contribution in [3.63, 3.8) is 0 Å². The van der Waals surface area contributed by atoms with E-state index in [4.69, 9.17) is 4.74 Å². The third-order valence-corrected chi connectivity index (χ3v) is 8.23. The van der Waals surface area contributed by atoms with Gasteiger partial charge in [-0.05, 0) is 49.9 Å². The zero-order valence-corrected chi connectivity index (χ0v) is 16.3. The number of methoxy groups -OCH3 is 1. The number of carbonyl (C=O) groups is 1. The van der Waals surface area contributed by atoms with Gasteiger partial charge in [0, 0.05) is 19.2 Å². The van der Waals surface area contributed by atoms with Crippen LogP contribution in [0.15, 0.2) is 29.2 Å². The minimum atomic E-state index is -3.28. The summed E-state index contributed by atoms with van der Waals surface area (Å²) in [6.45, 7) is 0.491. The molecule has 2 aliphatic carbocycles. The maximum Gasteiger partial charge on any atom is 0.251 e. The highest BCUT2D eigenvalue weighted by atomic mass is 32.2. The van der Waals surface area contributed by atoms with Crippen LogP contribution in [-0.2, 0) is 14.6 Å². The maximum absolute atomic E-state index is 12.6. The summed E-state index contributed by atoms with van der Waals surface area (Å²) < 4.78 is 30.9. The average Bonchev–Trinajstić information content (AvgIpc) is 3.23. The molecule has 2 aliphatic rings. The van der Waals surface area contributed by atoms with Crippen molar-refractivity contribution < 1.29 is 17.9 Å². The fourth-order valence-electron chi connectivity index (χ4n) is 4.18. The van der Waals surface area contributed by atoms with Gasteiger partial charge in [-0.3, -0.25) is 4.79 Å². The molecule has 0 aromatic heterocycles. The zero-order chi connectivity index (χ0) is 18.6. The molecule has 1 amide bonds. The molecule has 1 aromatic carbocycles. The minimum absolute atomic E-state index is 0.184. The summed E-state index contributed by atoms with van der Waals surface area (Å²) in [7, 11) is -1.57. The van der Waals surface area contributed by atoms with E-state index in [9.17, 15) is 13.2 Å². The van der Waals surface area contributed by atoms with Gasteiger partial charge in [0.1, 0.15) is 0 Å². The summed E-state index contributed by atoms with van der Waals surface area (Å²) in [5, 5.41) is 2.69. The largest absolute Gasteiger partial charge is 0.376 e. The van der Waals surface area contributed by atoms with Crippen LogP contribution in [0, 0.1) is 0 Å². The predicted octanol–water partition coefficient (Wildman–Crippen LogP) is 3.48. The van der Waals surface area contributed by atoms with Crippen LogP contribution >= 0.6 is 0 Å². The van der Waals surface area contributed by atoms with Gasteiger partial charge in [-0.25, -0.2) is 8.42 Å². The first-order valence-corrected chi connectivity index (χ1v) is 11.2. The number of hydrogen-bond acceptors (Lipinski definition) is 4. The molecule has 2 saturated carbocycles. The number of carbonyl (C=O) groups excluding carboxylic acids is 1. The Bertz CT molecular complexity index is 715. The highest BCUT2D eigenvalue weighted by Crippen LogP contribution is 2.31. The second-order valence-corrected chi connectivity index (χ2v) is 9.83. The molecule has 5 nitrogen and oxygen atoms in total. The van der Waals surface area contributed by atoms with E-state index in [1.807, 2.05) is 0 Å². The first kappa shape index (κ1) is 19.4. The van der Waals surface area contributed by atoms with Gasteiger partial charge in [0.2, 0.25) is 0 Å². The van der Waals surface area contributed by atoms with Crippen molar-refractivity contribution in [3.05, 3.63) is 29.8 Å². The van der Waals surface area contributed by atoms with E-state index in [1.54, 1.807) is 31.4 Å². The number of hydrogen-bond donors (Lipinski definition) is 1. The highest BCUT2D eigenvalue weighted by molar-refractivity contribution is 7.92. The third kappa shape index (κ3) is 4.12. The molecule has 0 heterocycles. The van der Waals surface area contributed by atoms with Gasteiger partial charge in [-0.15, -0.1) is 0 Å². The number of benzene rings is 1. The summed E-state index contributed by atoms with van der Waals surface area (Å²) in [5.74, 6) is -0.184. The van der Waals surface area contributed by atoms with Gasteiger partial charge in [0.15, 0.2) is 9.84 Å². The van der Waals surface area contributed by atoms with Crippen LogP contribution in [-0.4, -0.2) is 38.8 Å². The van der Waals surface area contributed by atoms with Crippen LogP contribution in [0.3, 0.4) is 0 Å². The number of rotatable bonds is 6. The number of nitrogens with one attached hydrogen (secondary N) is 1. The van der Waals surface area contributed by atoms with E-state index in [0.717, 1.165) is 51.4 Å². The standard InChI is InChI=1S/C20H29NO4S/c1-25-20(13-5-2-6-14-20)15-21-19(22)16-9-11-18(12-10-16)26(23,24)17-7-3-4-8-17/h9-12,17H,2-8,13-15H2,1H3,(H,21,22). The van der Waals surface area contributed by atoms with Gasteiger partial charge in [0.25, 0.3) is 5.91 Å². The molecule has 1 N–H and O–H groups in total. The number of sulfone groups is 1. The van der Waals surface area contributed by atoms with Crippen molar-refractivity contribution in [1.82, 2.24) is 5.32 Å². The molecule has 26 heavy (non-hydrogen) atoms. The minimum Gasteiger partial charge on any atom is -0.376 e. The van der Waals surface area contributed by atoms with Gasteiger partial charge in [-0.2, -0.15) is 0 Å². The quantitative estimate of drug-likeness (QED) is 0.821. The molecule has 0 unspecified atom stereocenters. The Balaban J connectivity index is 1.63. The lowest BCUT2D eigenvalue weighted by Gasteiger charge is -2.36. The van der Waals surface area contributed by atoms with Crippen molar-refractivity contribution in [2.75, 3.05) is 13.7 Å². The number of ether oxygens (including phenoxy) is 1. The highest BCUT2D eigenvalue weighted by Gasteiger charge is 2.33. The van der Waals surface area contributed by atoms with E-state index < -0.39 is 9.84 Å². The predicted molar refractivity (Wildman–Crippen MR) is 101 cm³/mol. The molecular weight excluding hydrogens is 350 g/mol. The van der Waals surface area contributed by atoms with Crippen LogP contribution in [0.1, 0.15) is 68.1 Å². The summed E-state index contributed by atoms with van der Waals surface area (Å²) in [4.78, 5) is 12.8. The molecular formula is C20H29NO4S. The van der Waals surface area contributed by atoms with Crippen LogP contribution < -0.4 is 5.32 Å². The van der Waals surface area contributed by atoms with Crippen molar-refractivity contribution >= 4 is 15.7 Å². The average molecular weight is 380 g/mol. The Labute approximate surface area is 156 Å². The molecule has 1 aromatic rings. The summed E-state index contributed by atoms with van der Waals surface area (Å²) in [6, 6.07) is 6.35. The van der Waals surface area contributed by atoms with E-state index >= 15 is 0 Å². The van der Waals surface area contributed by atoms with Gasteiger partial charge < -0.3 is 10.1 Å². The maximum atomic E-state index is 12.6. The Morgan fingerprint density at radius 2 is 1.69 bits per heavy atom. The van der Waals surface area contributed by atoms with Crippen LogP contribution in [0.2, 0.25) is 0 Å². The fraction of sp³-hybridized carbons (Fsp3) is 0.650. The Morgan fingerprint density at radius 3 is 2.27 bits per heavy atom. The summed E-state index contributed by atoms with van der Waals surface area (Å²) in [6.07, 6.45) is 8.82. The van der Waals surface area contributed by atoms with Crippen LogP contribution in [0.25, 0.3) is 0 Å². The number of amides is 1. The second-order valence-electron chi connectivity index (χ2n) is 7.61. The summed E-state index contributed by atoms with van der Waals surface area (Å²) >= 11 is 0. The molecule has 6 heteroatoms. The molecule has 144 valence electrons. The smallest absolute Gasteiger partial charge is 0.251 e. The van der Waals surface area contributed by atoms with E-state index in [-0.39, 0.29) is 16.8 Å². The zero-order valence-electron chi connectivity index (χ0n) is 15.5. The Morgan fingerprint density at radius 1 is 1.08 bits per heavy atom. The van der Waals surface area contributed by atoms with Gasteiger partial charge in [-0.1, -0.05) is 32.1 Å². The normalized spacial score (nSPS) is 20.8. The van der Waals surface area contributed by atoms with E-state index in [0.29, 0.717) is 17.0 Å². The van der Waals surface area contributed by atoms with Crippen molar-refractivity contribution in [1.29, 1.82) is 0 Å². The first-order chi connectivity index (χ1) is 12.5. The third-order valence-electron chi connectivity index (χ3n) is 5.95.